The lowest BCUT2D eigenvalue weighted by Crippen LogP contribution is -2.47. The molecule has 6 heteroatoms. The van der Waals surface area contributed by atoms with Gasteiger partial charge in [0.2, 0.25) is 0 Å². The van der Waals surface area contributed by atoms with E-state index in [4.69, 9.17) is 9.53 Å². The average Bonchev–Trinajstić information content (AvgIpc) is 3.01. The Balaban J connectivity index is 2.67. The first kappa shape index (κ1) is 16.5. The summed E-state index contributed by atoms with van der Waals surface area (Å²) in [6.45, 7) is 11.3. The molecule has 0 bridgehead atoms. The Morgan fingerprint density at radius 1 is 1.47 bits per heavy atom. The molecule has 1 saturated carbocycles. The molecular weight excluding hydrogens is 262 g/mol. The molecule has 1 rings (SSSR count). The number of nitrogens with one attached hydrogen (secondary N) is 1. The van der Waals surface area contributed by atoms with Crippen molar-refractivity contribution in [3.63, 3.8) is 0 Å². The van der Waals surface area contributed by atoms with Gasteiger partial charge in [-0.15, -0.1) is 0 Å². The standard InChI is InChI=1S/C13H27NO4Si/c1-13(2,3)19(4,5)18-11(7-14-12(16)17)10-6-9(10)8-15/h9-11,14-15H,6-8H2,1-5H3,(H,16,17)/t9-,10+,11?/m1/s1. The molecule has 0 aromatic rings. The first-order valence-corrected chi connectivity index (χ1v) is 9.75. The molecule has 1 unspecified atom stereocenters. The number of hydrogen-bond donors (Lipinski definition) is 3. The van der Waals surface area contributed by atoms with Crippen molar-refractivity contribution in [2.24, 2.45) is 11.8 Å². The number of amides is 1. The highest BCUT2D eigenvalue weighted by molar-refractivity contribution is 6.74. The largest absolute Gasteiger partial charge is 0.465 e. The molecule has 5 nitrogen and oxygen atoms in total. The minimum Gasteiger partial charge on any atom is -0.465 e. The van der Waals surface area contributed by atoms with Gasteiger partial charge in [-0.25, -0.2) is 4.79 Å². The normalized spacial score (nSPS) is 24.9. The van der Waals surface area contributed by atoms with Gasteiger partial charge in [0, 0.05) is 13.2 Å². The minimum atomic E-state index is -1.92. The second kappa shape index (κ2) is 5.81. The van der Waals surface area contributed by atoms with Crippen LogP contribution in [0, 0.1) is 11.8 Å². The molecule has 0 saturated heterocycles. The van der Waals surface area contributed by atoms with Gasteiger partial charge in [-0.3, -0.25) is 0 Å². The summed E-state index contributed by atoms with van der Waals surface area (Å²) in [4.78, 5) is 10.7. The van der Waals surface area contributed by atoms with Crippen molar-refractivity contribution < 1.29 is 19.4 Å². The Morgan fingerprint density at radius 2 is 2.05 bits per heavy atom. The molecule has 0 heterocycles. The number of carboxylic acid groups (broad SMARTS) is 1. The molecule has 1 aliphatic carbocycles. The van der Waals surface area contributed by atoms with Crippen LogP contribution < -0.4 is 5.32 Å². The van der Waals surface area contributed by atoms with Crippen molar-refractivity contribution in [3.05, 3.63) is 0 Å². The van der Waals surface area contributed by atoms with E-state index in [1.54, 1.807) is 0 Å². The van der Waals surface area contributed by atoms with Crippen LogP contribution in [0.15, 0.2) is 0 Å². The van der Waals surface area contributed by atoms with Gasteiger partial charge in [0.25, 0.3) is 0 Å². The topological polar surface area (TPSA) is 78.8 Å². The number of hydrogen-bond acceptors (Lipinski definition) is 3. The molecule has 3 atom stereocenters. The summed E-state index contributed by atoms with van der Waals surface area (Å²) in [5, 5.41) is 20.4. The summed E-state index contributed by atoms with van der Waals surface area (Å²) >= 11 is 0. The van der Waals surface area contributed by atoms with Gasteiger partial charge in [0.15, 0.2) is 8.32 Å². The van der Waals surface area contributed by atoms with Crippen LogP contribution >= 0.6 is 0 Å². The van der Waals surface area contributed by atoms with Gasteiger partial charge in [-0.1, -0.05) is 20.8 Å². The Kier molecular flexibility index (Phi) is 5.03. The Bertz CT molecular complexity index is 327. The lowest BCUT2D eigenvalue weighted by Gasteiger charge is -2.39. The van der Waals surface area contributed by atoms with E-state index in [2.05, 4.69) is 39.2 Å². The van der Waals surface area contributed by atoms with Crippen LogP contribution in [0.1, 0.15) is 27.2 Å². The lowest BCUT2D eigenvalue weighted by molar-refractivity contribution is 0.135. The zero-order valence-corrected chi connectivity index (χ0v) is 13.6. The number of rotatable bonds is 6. The monoisotopic (exact) mass is 289 g/mol. The molecule has 19 heavy (non-hydrogen) atoms. The smallest absolute Gasteiger partial charge is 0.404 e. The third-order valence-corrected chi connectivity index (χ3v) is 8.90. The fraction of sp³-hybridized carbons (Fsp3) is 0.923. The maximum atomic E-state index is 10.7. The van der Waals surface area contributed by atoms with Gasteiger partial charge >= 0.3 is 6.09 Å². The van der Waals surface area contributed by atoms with Crippen molar-refractivity contribution in [2.45, 2.75) is 51.4 Å². The summed E-state index contributed by atoms with van der Waals surface area (Å²) in [7, 11) is -1.92. The third-order valence-electron chi connectivity index (χ3n) is 4.40. The Morgan fingerprint density at radius 3 is 2.42 bits per heavy atom. The minimum absolute atomic E-state index is 0.0953. The zero-order chi connectivity index (χ0) is 14.8. The van der Waals surface area contributed by atoms with Crippen LogP contribution in [0.3, 0.4) is 0 Å². The molecule has 0 aliphatic heterocycles. The third kappa shape index (κ3) is 4.47. The molecule has 0 aromatic carbocycles. The van der Waals surface area contributed by atoms with Crippen molar-refractivity contribution >= 4 is 14.4 Å². The van der Waals surface area contributed by atoms with E-state index in [9.17, 15) is 9.90 Å². The molecule has 1 fully saturated rings. The van der Waals surface area contributed by atoms with Crippen molar-refractivity contribution in [1.29, 1.82) is 0 Å². The van der Waals surface area contributed by atoms with Crippen LogP contribution in [0.2, 0.25) is 18.1 Å². The Hall–Kier alpha value is -0.593. The van der Waals surface area contributed by atoms with Crippen LogP contribution in [-0.4, -0.2) is 43.9 Å². The van der Waals surface area contributed by atoms with Gasteiger partial charge < -0.3 is 20.0 Å². The van der Waals surface area contributed by atoms with E-state index in [1.807, 2.05) is 0 Å². The fourth-order valence-electron chi connectivity index (χ4n) is 1.96. The molecular formula is C13H27NO4Si. The zero-order valence-electron chi connectivity index (χ0n) is 12.6. The van der Waals surface area contributed by atoms with E-state index in [0.29, 0.717) is 6.54 Å². The summed E-state index contributed by atoms with van der Waals surface area (Å²) in [5.41, 5.74) is 0. The Labute approximate surface area is 116 Å². The van der Waals surface area contributed by atoms with E-state index >= 15 is 0 Å². The highest BCUT2D eigenvalue weighted by atomic mass is 28.4. The first-order valence-electron chi connectivity index (χ1n) is 6.84. The predicted octanol–water partition coefficient (Wildman–Crippen LogP) is 2.27. The van der Waals surface area contributed by atoms with Crippen LogP contribution in [0.5, 0.6) is 0 Å². The molecule has 1 aliphatic rings. The second-order valence-corrected chi connectivity index (χ2v) is 11.7. The average molecular weight is 289 g/mol. The maximum Gasteiger partial charge on any atom is 0.404 e. The van der Waals surface area contributed by atoms with Crippen LogP contribution in [0.25, 0.3) is 0 Å². The molecule has 112 valence electrons. The van der Waals surface area contributed by atoms with Gasteiger partial charge in [-0.2, -0.15) is 0 Å². The summed E-state index contributed by atoms with van der Waals surface area (Å²) in [6.07, 6.45) is -0.212. The highest BCUT2D eigenvalue weighted by Crippen LogP contribution is 2.45. The maximum absolute atomic E-state index is 10.7. The molecule has 0 aromatic heterocycles. The molecule has 0 spiro atoms. The van der Waals surface area contributed by atoms with E-state index in [0.717, 1.165) is 6.42 Å². The van der Waals surface area contributed by atoms with Crippen LogP contribution in [-0.2, 0) is 4.43 Å². The molecule has 3 N–H and O–H groups in total. The summed E-state index contributed by atoms with van der Waals surface area (Å²) < 4.78 is 6.31. The quantitative estimate of drug-likeness (QED) is 0.655. The van der Waals surface area contributed by atoms with Crippen molar-refractivity contribution in [1.82, 2.24) is 5.32 Å². The van der Waals surface area contributed by atoms with Gasteiger partial charge in [0.1, 0.15) is 0 Å². The fourth-order valence-corrected chi connectivity index (χ4v) is 3.33. The van der Waals surface area contributed by atoms with Gasteiger partial charge in [-0.05, 0) is 36.4 Å². The van der Waals surface area contributed by atoms with Gasteiger partial charge in [0.05, 0.1) is 6.10 Å². The van der Waals surface area contributed by atoms with E-state index < -0.39 is 14.4 Å². The first-order chi connectivity index (χ1) is 8.58. The van der Waals surface area contributed by atoms with Crippen LogP contribution in [0.4, 0.5) is 4.79 Å². The van der Waals surface area contributed by atoms with Crippen molar-refractivity contribution in [3.8, 4) is 0 Å². The highest BCUT2D eigenvalue weighted by Gasteiger charge is 2.47. The summed E-state index contributed by atoms with van der Waals surface area (Å²) in [6, 6.07) is 0. The summed E-state index contributed by atoms with van der Waals surface area (Å²) in [5.74, 6) is 0.552. The number of carbonyl (C=O) groups is 1. The van der Waals surface area contributed by atoms with Crippen molar-refractivity contribution in [2.75, 3.05) is 13.2 Å². The number of aliphatic hydroxyl groups excluding tert-OH is 1. The second-order valence-electron chi connectivity index (χ2n) is 6.94. The SMILES string of the molecule is CC(C)(C)[Si](C)(C)OC(CNC(=O)O)[C@H]1C[C@@H]1CO. The molecule has 1 amide bonds. The van der Waals surface area contributed by atoms with E-state index in [1.165, 1.54) is 0 Å². The molecule has 0 radical (unpaired) electrons. The number of aliphatic hydroxyl groups is 1. The lowest BCUT2D eigenvalue weighted by atomic mass is 10.2. The van der Waals surface area contributed by atoms with E-state index in [-0.39, 0.29) is 29.6 Å². The predicted molar refractivity (Wildman–Crippen MR) is 76.8 cm³/mol.